The molecule has 20 heavy (non-hydrogen) atoms. The van der Waals surface area contributed by atoms with Crippen molar-refractivity contribution in [3.05, 3.63) is 35.9 Å². The molecule has 1 aliphatic heterocycles. The molecule has 0 aromatic heterocycles. The van der Waals surface area contributed by atoms with Gasteiger partial charge in [-0.2, -0.15) is 0 Å². The van der Waals surface area contributed by atoms with Crippen molar-refractivity contribution in [3.8, 4) is 0 Å². The maximum absolute atomic E-state index is 12.3. The first-order chi connectivity index (χ1) is 9.74. The van der Waals surface area contributed by atoms with Crippen molar-refractivity contribution < 1.29 is 9.59 Å². The Morgan fingerprint density at radius 2 is 1.65 bits per heavy atom. The molecule has 4 heteroatoms. The number of carbonyl (C=O) groups excluding carboxylic acids is 2. The van der Waals surface area contributed by atoms with E-state index in [4.69, 9.17) is 0 Å². The summed E-state index contributed by atoms with van der Waals surface area (Å²) in [7, 11) is 0. The number of piperidine rings is 1. The summed E-state index contributed by atoms with van der Waals surface area (Å²) in [4.78, 5) is 25.9. The molecule has 1 saturated heterocycles. The van der Waals surface area contributed by atoms with Crippen molar-refractivity contribution in [1.82, 2.24) is 10.2 Å². The van der Waals surface area contributed by atoms with Crippen LogP contribution in [0.3, 0.4) is 0 Å². The van der Waals surface area contributed by atoms with Gasteiger partial charge in [0.2, 0.25) is 5.91 Å². The standard InChI is InChI=1S/C16H20N2O2/c19-15(12-6-7-12)17-14-8-10-18(11-9-14)16(20)13-4-2-1-3-5-13/h1-5,12,14H,6-11H2,(H,17,19). The van der Waals surface area contributed by atoms with Gasteiger partial charge in [-0.05, 0) is 37.8 Å². The minimum absolute atomic E-state index is 0.0950. The monoisotopic (exact) mass is 272 g/mol. The quantitative estimate of drug-likeness (QED) is 0.912. The minimum Gasteiger partial charge on any atom is -0.353 e. The van der Waals surface area contributed by atoms with E-state index >= 15 is 0 Å². The van der Waals surface area contributed by atoms with Crippen LogP contribution in [0.5, 0.6) is 0 Å². The van der Waals surface area contributed by atoms with Gasteiger partial charge in [0.05, 0.1) is 0 Å². The Kier molecular flexibility index (Phi) is 3.72. The molecule has 0 radical (unpaired) electrons. The fourth-order valence-corrected chi connectivity index (χ4v) is 2.65. The lowest BCUT2D eigenvalue weighted by molar-refractivity contribution is -0.123. The molecule has 4 nitrogen and oxygen atoms in total. The van der Waals surface area contributed by atoms with Crippen LogP contribution < -0.4 is 5.32 Å². The predicted octanol–water partition coefficient (Wildman–Crippen LogP) is 1.82. The molecule has 1 aliphatic carbocycles. The molecular weight excluding hydrogens is 252 g/mol. The molecule has 1 N–H and O–H groups in total. The molecular formula is C16H20N2O2. The first kappa shape index (κ1) is 13.2. The summed E-state index contributed by atoms with van der Waals surface area (Å²) in [5, 5.41) is 3.10. The summed E-state index contributed by atoms with van der Waals surface area (Å²) in [6.07, 6.45) is 3.79. The molecule has 0 atom stereocenters. The second-order valence-electron chi connectivity index (χ2n) is 5.72. The zero-order chi connectivity index (χ0) is 13.9. The van der Waals surface area contributed by atoms with Gasteiger partial charge in [0.15, 0.2) is 0 Å². The summed E-state index contributed by atoms with van der Waals surface area (Å²) in [6.45, 7) is 1.45. The van der Waals surface area contributed by atoms with E-state index < -0.39 is 0 Å². The molecule has 3 rings (SSSR count). The second-order valence-corrected chi connectivity index (χ2v) is 5.72. The third kappa shape index (κ3) is 3.00. The lowest BCUT2D eigenvalue weighted by atomic mass is 10.0. The van der Waals surface area contributed by atoms with Crippen LogP contribution in [-0.4, -0.2) is 35.8 Å². The Morgan fingerprint density at radius 3 is 2.25 bits per heavy atom. The summed E-state index contributed by atoms with van der Waals surface area (Å²) in [6, 6.07) is 9.62. The molecule has 2 fully saturated rings. The normalized spacial score (nSPS) is 19.7. The van der Waals surface area contributed by atoms with Gasteiger partial charge in [-0.3, -0.25) is 9.59 Å². The molecule has 2 amide bonds. The average Bonchev–Trinajstić information content (AvgIpc) is 3.33. The number of amides is 2. The van der Waals surface area contributed by atoms with E-state index in [1.54, 1.807) is 0 Å². The van der Waals surface area contributed by atoms with Crippen LogP contribution in [0.15, 0.2) is 30.3 Å². The lowest BCUT2D eigenvalue weighted by Crippen LogP contribution is -2.46. The molecule has 106 valence electrons. The van der Waals surface area contributed by atoms with Crippen LogP contribution in [0.1, 0.15) is 36.0 Å². The smallest absolute Gasteiger partial charge is 0.253 e. The van der Waals surface area contributed by atoms with E-state index in [2.05, 4.69) is 5.32 Å². The summed E-state index contributed by atoms with van der Waals surface area (Å²) in [5.74, 6) is 0.564. The van der Waals surface area contributed by atoms with E-state index in [1.807, 2.05) is 35.2 Å². The topological polar surface area (TPSA) is 49.4 Å². The zero-order valence-electron chi connectivity index (χ0n) is 11.5. The fourth-order valence-electron chi connectivity index (χ4n) is 2.65. The highest BCUT2D eigenvalue weighted by atomic mass is 16.2. The van der Waals surface area contributed by atoms with Crippen LogP contribution in [-0.2, 0) is 4.79 Å². The molecule has 0 unspecified atom stereocenters. The SMILES string of the molecule is O=C(NC1CCN(C(=O)c2ccccc2)CC1)C1CC1. The van der Waals surface area contributed by atoms with Crippen LogP contribution >= 0.6 is 0 Å². The van der Waals surface area contributed by atoms with Crippen LogP contribution in [0, 0.1) is 5.92 Å². The fraction of sp³-hybridized carbons (Fsp3) is 0.500. The van der Waals surface area contributed by atoms with Crippen molar-refractivity contribution in [2.75, 3.05) is 13.1 Å². The Morgan fingerprint density at radius 1 is 1.00 bits per heavy atom. The predicted molar refractivity (Wildman–Crippen MR) is 76.2 cm³/mol. The van der Waals surface area contributed by atoms with Crippen molar-refractivity contribution in [1.29, 1.82) is 0 Å². The van der Waals surface area contributed by atoms with Crippen molar-refractivity contribution in [3.63, 3.8) is 0 Å². The number of benzene rings is 1. The van der Waals surface area contributed by atoms with Crippen molar-refractivity contribution in [2.24, 2.45) is 5.92 Å². The van der Waals surface area contributed by atoms with Gasteiger partial charge in [0.25, 0.3) is 5.91 Å². The van der Waals surface area contributed by atoms with E-state index in [1.165, 1.54) is 0 Å². The maximum Gasteiger partial charge on any atom is 0.253 e. The highest BCUT2D eigenvalue weighted by Gasteiger charge is 2.32. The van der Waals surface area contributed by atoms with Crippen LogP contribution in [0.4, 0.5) is 0 Å². The van der Waals surface area contributed by atoms with Gasteiger partial charge in [-0.25, -0.2) is 0 Å². The van der Waals surface area contributed by atoms with E-state index in [0.717, 1.165) is 44.3 Å². The number of rotatable bonds is 3. The van der Waals surface area contributed by atoms with Gasteiger partial charge in [0, 0.05) is 30.6 Å². The minimum atomic E-state index is 0.0950. The van der Waals surface area contributed by atoms with Crippen molar-refractivity contribution >= 4 is 11.8 Å². The molecule has 1 aromatic carbocycles. The Balaban J connectivity index is 1.50. The summed E-state index contributed by atoms with van der Waals surface area (Å²) >= 11 is 0. The number of hydrogen-bond acceptors (Lipinski definition) is 2. The number of carbonyl (C=O) groups is 2. The highest BCUT2D eigenvalue weighted by molar-refractivity contribution is 5.94. The van der Waals surface area contributed by atoms with Gasteiger partial charge in [-0.1, -0.05) is 18.2 Å². The largest absolute Gasteiger partial charge is 0.353 e. The third-order valence-corrected chi connectivity index (χ3v) is 4.10. The number of likely N-dealkylation sites (tertiary alicyclic amines) is 1. The Hall–Kier alpha value is -1.84. The second kappa shape index (κ2) is 5.65. The van der Waals surface area contributed by atoms with E-state index in [9.17, 15) is 9.59 Å². The molecule has 1 aromatic rings. The number of nitrogens with one attached hydrogen (secondary N) is 1. The molecule has 2 aliphatic rings. The van der Waals surface area contributed by atoms with Gasteiger partial charge in [-0.15, -0.1) is 0 Å². The number of nitrogens with zero attached hydrogens (tertiary/aromatic N) is 1. The molecule has 0 bridgehead atoms. The summed E-state index contributed by atoms with van der Waals surface area (Å²) < 4.78 is 0. The van der Waals surface area contributed by atoms with Gasteiger partial charge >= 0.3 is 0 Å². The molecule has 0 spiro atoms. The Labute approximate surface area is 119 Å². The first-order valence-electron chi connectivity index (χ1n) is 7.39. The third-order valence-electron chi connectivity index (χ3n) is 4.10. The maximum atomic E-state index is 12.3. The van der Waals surface area contributed by atoms with Crippen molar-refractivity contribution in [2.45, 2.75) is 31.7 Å². The van der Waals surface area contributed by atoms with Crippen LogP contribution in [0.2, 0.25) is 0 Å². The van der Waals surface area contributed by atoms with Crippen LogP contribution in [0.25, 0.3) is 0 Å². The highest BCUT2D eigenvalue weighted by Crippen LogP contribution is 2.29. The Bertz CT molecular complexity index is 488. The number of hydrogen-bond donors (Lipinski definition) is 1. The summed E-state index contributed by atoms with van der Waals surface area (Å²) in [5.41, 5.74) is 0.743. The molecule has 1 heterocycles. The van der Waals surface area contributed by atoms with E-state index in [-0.39, 0.29) is 23.8 Å². The van der Waals surface area contributed by atoms with Gasteiger partial charge in [0.1, 0.15) is 0 Å². The van der Waals surface area contributed by atoms with E-state index in [0.29, 0.717) is 0 Å². The van der Waals surface area contributed by atoms with Gasteiger partial charge < -0.3 is 10.2 Å². The zero-order valence-corrected chi connectivity index (χ0v) is 11.5. The lowest BCUT2D eigenvalue weighted by Gasteiger charge is -2.32. The molecule has 1 saturated carbocycles. The average molecular weight is 272 g/mol. The first-order valence-corrected chi connectivity index (χ1v) is 7.39.